The number of likely N-dealkylation sites (N-methyl/N-ethyl adjacent to an activating group) is 1. The van der Waals surface area contributed by atoms with E-state index >= 15 is 0 Å². The van der Waals surface area contributed by atoms with Crippen molar-refractivity contribution < 1.29 is 40.7 Å². The van der Waals surface area contributed by atoms with E-state index in [1.54, 1.807) is 14.1 Å². The summed E-state index contributed by atoms with van der Waals surface area (Å²) in [5, 5.41) is 8.29. The van der Waals surface area contributed by atoms with Crippen molar-refractivity contribution in [2.24, 2.45) is 0 Å². The number of hydrogen-bond donors (Lipinski definition) is 1. The van der Waals surface area contributed by atoms with Gasteiger partial charge in [-0.1, -0.05) is 0 Å². The Balaban J connectivity index is 0. The first-order valence-electron chi connectivity index (χ1n) is 4.63. The van der Waals surface area contributed by atoms with Crippen LogP contribution in [-0.2, 0) is 14.3 Å². The second kappa shape index (κ2) is 8.29. The molecule has 0 aromatic carbocycles. The van der Waals surface area contributed by atoms with E-state index in [-0.39, 0.29) is 36.3 Å². The third kappa shape index (κ3) is 9.67. The van der Waals surface area contributed by atoms with Gasteiger partial charge in [-0.25, -0.2) is 0 Å². The summed E-state index contributed by atoms with van der Waals surface area (Å²) in [5.41, 5.74) is 0. The Labute approximate surface area is 100 Å². The quantitative estimate of drug-likeness (QED) is 0.309. The Hall–Kier alpha value is -0.880. The Morgan fingerprint density at radius 2 is 1.88 bits per heavy atom. The molecule has 96 valence electrons. The van der Waals surface area contributed by atoms with Gasteiger partial charge in [0.05, 0.1) is 26.9 Å². The van der Waals surface area contributed by atoms with Gasteiger partial charge in [0.15, 0.2) is 0 Å². The predicted molar refractivity (Wildman–Crippen MR) is 50.8 cm³/mol. The van der Waals surface area contributed by atoms with Crippen LogP contribution in [0.4, 0.5) is 4.39 Å². The molecule has 16 heavy (non-hydrogen) atoms. The highest BCUT2D eigenvalue weighted by atomic mass is 35.5. The topological polar surface area (TPSA) is 63.6 Å². The lowest BCUT2D eigenvalue weighted by molar-refractivity contribution is -0.902. The summed E-state index contributed by atoms with van der Waals surface area (Å²) in [5.74, 6) is -1.59. The summed E-state index contributed by atoms with van der Waals surface area (Å²) in [4.78, 5) is 21.1. The van der Waals surface area contributed by atoms with Gasteiger partial charge in [0.2, 0.25) is 6.80 Å². The second-order valence-corrected chi connectivity index (χ2v) is 3.89. The molecule has 5 nitrogen and oxygen atoms in total. The molecule has 0 atom stereocenters. The maximum atomic E-state index is 12.3. The molecule has 7 heteroatoms. The number of nitrogens with zero attached hydrogens (tertiary/aromatic N) is 1. The first-order chi connectivity index (χ1) is 6.87. The number of carbonyl (C=O) groups is 2. The minimum Gasteiger partial charge on any atom is -1.00 e. The largest absolute Gasteiger partial charge is 1.00 e. The molecule has 0 rings (SSSR count). The van der Waals surface area contributed by atoms with E-state index in [4.69, 9.17) is 9.84 Å². The Bertz CT molecular complexity index is 236. The summed E-state index contributed by atoms with van der Waals surface area (Å²) in [6.07, 6.45) is -0.376. The van der Waals surface area contributed by atoms with E-state index < -0.39 is 18.7 Å². The molecule has 0 bridgehead atoms. The van der Waals surface area contributed by atoms with Crippen molar-refractivity contribution in [3.8, 4) is 0 Å². The lowest BCUT2D eigenvalue weighted by Gasteiger charge is -2.25. The smallest absolute Gasteiger partial charge is 0.306 e. The predicted octanol–water partition coefficient (Wildman–Crippen LogP) is -2.60. The summed E-state index contributed by atoms with van der Waals surface area (Å²) < 4.78 is 17.2. The molecular formula is C9H17ClFNO4. The van der Waals surface area contributed by atoms with Crippen molar-refractivity contribution in [3.05, 3.63) is 0 Å². The molecule has 0 aliphatic heterocycles. The van der Waals surface area contributed by atoms with Gasteiger partial charge in [0.25, 0.3) is 0 Å². The fourth-order valence-corrected chi connectivity index (χ4v) is 0.748. The molecular weight excluding hydrogens is 241 g/mol. The first-order valence-corrected chi connectivity index (χ1v) is 4.63. The third-order valence-electron chi connectivity index (χ3n) is 1.83. The van der Waals surface area contributed by atoms with E-state index in [1.807, 2.05) is 0 Å². The molecule has 0 aliphatic carbocycles. The van der Waals surface area contributed by atoms with Crippen LogP contribution in [0.25, 0.3) is 0 Å². The number of carbonyl (C=O) groups excluding carboxylic acids is 1. The van der Waals surface area contributed by atoms with Crippen molar-refractivity contribution in [2.45, 2.75) is 12.8 Å². The van der Waals surface area contributed by atoms with E-state index in [0.717, 1.165) is 0 Å². The van der Waals surface area contributed by atoms with Gasteiger partial charge in [-0.15, -0.1) is 0 Å². The number of ether oxygens (including phenoxy) is 1. The number of esters is 1. The summed E-state index contributed by atoms with van der Waals surface area (Å²) in [7, 11) is 3.34. The normalized spacial score (nSPS) is 10.4. The highest BCUT2D eigenvalue weighted by Gasteiger charge is 2.15. The van der Waals surface area contributed by atoms with Gasteiger partial charge < -0.3 is 22.3 Å². The van der Waals surface area contributed by atoms with E-state index in [1.165, 1.54) is 0 Å². The van der Waals surface area contributed by atoms with Crippen molar-refractivity contribution in [3.63, 3.8) is 0 Å². The van der Waals surface area contributed by atoms with Crippen LogP contribution in [0.3, 0.4) is 0 Å². The van der Waals surface area contributed by atoms with Crippen molar-refractivity contribution >= 4 is 11.9 Å². The average molecular weight is 258 g/mol. The van der Waals surface area contributed by atoms with Crippen LogP contribution in [0.5, 0.6) is 0 Å². The lowest BCUT2D eigenvalue weighted by atomic mass is 10.3. The van der Waals surface area contributed by atoms with Crippen LogP contribution in [0.2, 0.25) is 0 Å². The van der Waals surface area contributed by atoms with Crippen LogP contribution in [0, 0.1) is 0 Å². The number of carboxylic acid groups (broad SMARTS) is 1. The average Bonchev–Trinajstić information content (AvgIpc) is 2.14. The molecule has 0 heterocycles. The van der Waals surface area contributed by atoms with Gasteiger partial charge in [0.1, 0.15) is 13.2 Å². The fourth-order valence-electron chi connectivity index (χ4n) is 0.748. The van der Waals surface area contributed by atoms with E-state index in [0.29, 0.717) is 6.54 Å². The van der Waals surface area contributed by atoms with Crippen LogP contribution in [0.15, 0.2) is 0 Å². The number of carboxylic acids is 1. The van der Waals surface area contributed by atoms with E-state index in [2.05, 4.69) is 0 Å². The van der Waals surface area contributed by atoms with Gasteiger partial charge in [-0.3, -0.25) is 14.1 Å². The number of aliphatic carboxylic acids is 1. The monoisotopic (exact) mass is 257 g/mol. The summed E-state index contributed by atoms with van der Waals surface area (Å²) >= 11 is 0. The molecule has 0 amide bonds. The molecule has 0 saturated heterocycles. The third-order valence-corrected chi connectivity index (χ3v) is 1.83. The molecule has 0 radical (unpaired) electrons. The minimum absolute atomic E-state index is 0. The van der Waals surface area contributed by atoms with Gasteiger partial charge in [-0.2, -0.15) is 4.39 Å². The number of hydrogen-bond acceptors (Lipinski definition) is 3. The number of quaternary nitrogens is 1. The van der Waals surface area contributed by atoms with Gasteiger partial charge in [0, 0.05) is 0 Å². The van der Waals surface area contributed by atoms with E-state index in [9.17, 15) is 14.0 Å². The Morgan fingerprint density at radius 1 is 1.31 bits per heavy atom. The SMILES string of the molecule is C[N+](C)(CF)CCOC(=O)CCC(=O)O.[Cl-]. The minimum atomic E-state index is -1.04. The van der Waals surface area contributed by atoms with Crippen LogP contribution >= 0.6 is 0 Å². The molecule has 0 unspecified atom stereocenters. The van der Waals surface area contributed by atoms with Crippen molar-refractivity contribution in [1.29, 1.82) is 0 Å². The highest BCUT2D eigenvalue weighted by molar-refractivity contribution is 5.76. The summed E-state index contributed by atoms with van der Waals surface area (Å²) in [6.45, 7) is -0.0582. The van der Waals surface area contributed by atoms with Crippen LogP contribution in [0.1, 0.15) is 12.8 Å². The van der Waals surface area contributed by atoms with Crippen LogP contribution in [-0.4, -0.2) is 55.6 Å². The maximum absolute atomic E-state index is 12.3. The zero-order valence-corrected chi connectivity index (χ0v) is 10.2. The van der Waals surface area contributed by atoms with Crippen LogP contribution < -0.4 is 12.4 Å². The zero-order valence-electron chi connectivity index (χ0n) is 9.41. The first kappa shape index (κ1) is 17.5. The van der Waals surface area contributed by atoms with Crippen molar-refractivity contribution in [2.75, 3.05) is 34.0 Å². The van der Waals surface area contributed by atoms with Gasteiger partial charge in [-0.05, 0) is 0 Å². The lowest BCUT2D eigenvalue weighted by Crippen LogP contribution is -3.00. The molecule has 0 aromatic rings. The fraction of sp³-hybridized carbons (Fsp3) is 0.778. The highest BCUT2D eigenvalue weighted by Crippen LogP contribution is 1.98. The molecule has 0 fully saturated rings. The summed E-state index contributed by atoms with van der Waals surface area (Å²) in [6, 6.07) is 0. The zero-order chi connectivity index (χ0) is 11.9. The maximum Gasteiger partial charge on any atom is 0.306 e. The molecule has 0 saturated carbocycles. The van der Waals surface area contributed by atoms with Gasteiger partial charge >= 0.3 is 11.9 Å². The Kier molecular flexibility index (Phi) is 9.08. The standard InChI is InChI=1S/C9H16FNO4.ClH/c1-11(2,7-10)5-6-15-9(14)4-3-8(12)13;/h3-7H2,1-2H3;1H. The molecule has 0 spiro atoms. The second-order valence-electron chi connectivity index (χ2n) is 3.89. The number of halogens is 2. The number of rotatable bonds is 7. The van der Waals surface area contributed by atoms with Crippen molar-refractivity contribution in [1.82, 2.24) is 0 Å². The molecule has 0 aliphatic rings. The molecule has 0 aromatic heterocycles. The Morgan fingerprint density at radius 3 is 2.31 bits per heavy atom. The molecule has 1 N–H and O–H groups in total. The number of alkyl halides is 1.